The van der Waals surface area contributed by atoms with E-state index in [1.807, 2.05) is 26.0 Å². The van der Waals surface area contributed by atoms with Gasteiger partial charge < -0.3 is 14.5 Å². The zero-order chi connectivity index (χ0) is 15.1. The number of amides is 1. The fourth-order valence-electron chi connectivity index (χ4n) is 2.00. The number of nitrogens with zero attached hydrogens (tertiary/aromatic N) is 1. The third-order valence-electron chi connectivity index (χ3n) is 3.08. The molecule has 0 bridgehead atoms. The fourth-order valence-corrected chi connectivity index (χ4v) is 2.00. The lowest BCUT2D eigenvalue weighted by Crippen LogP contribution is -2.33. The molecule has 2 rings (SSSR count). The molecule has 0 fully saturated rings. The van der Waals surface area contributed by atoms with Crippen molar-refractivity contribution in [2.75, 3.05) is 6.61 Å². The van der Waals surface area contributed by atoms with Crippen LogP contribution in [0.2, 0.25) is 0 Å². The molecule has 0 aliphatic rings. The maximum atomic E-state index is 12.3. The van der Waals surface area contributed by atoms with Crippen molar-refractivity contribution >= 4 is 5.91 Å². The topological polar surface area (TPSA) is 64.4 Å². The highest BCUT2D eigenvalue weighted by Gasteiger charge is 2.15. The van der Waals surface area contributed by atoms with Gasteiger partial charge in [-0.2, -0.15) is 0 Å². The van der Waals surface area contributed by atoms with Gasteiger partial charge >= 0.3 is 0 Å². The highest BCUT2D eigenvalue weighted by atomic mass is 16.5. The van der Waals surface area contributed by atoms with Crippen LogP contribution in [0.1, 0.15) is 36.4 Å². The summed E-state index contributed by atoms with van der Waals surface area (Å²) in [5.41, 5.74) is 0.462. The summed E-state index contributed by atoms with van der Waals surface area (Å²) >= 11 is 0. The van der Waals surface area contributed by atoms with Crippen LogP contribution in [-0.2, 0) is 6.42 Å². The van der Waals surface area contributed by atoms with Gasteiger partial charge in [0.2, 0.25) is 5.88 Å². The molecule has 0 saturated heterocycles. The second-order valence-electron chi connectivity index (χ2n) is 4.78. The lowest BCUT2D eigenvalue weighted by molar-refractivity contribution is 0.0933. The zero-order valence-corrected chi connectivity index (χ0v) is 12.3. The second kappa shape index (κ2) is 7.47. The van der Waals surface area contributed by atoms with Crippen molar-refractivity contribution in [2.24, 2.45) is 0 Å². The van der Waals surface area contributed by atoms with Gasteiger partial charge in [-0.3, -0.25) is 4.79 Å². The SMILES string of the molecule is CCOc1ncccc1C(=O)NC(C)CCc1ccco1. The Morgan fingerprint density at radius 1 is 1.43 bits per heavy atom. The molecule has 5 heteroatoms. The Labute approximate surface area is 124 Å². The average molecular weight is 288 g/mol. The molecule has 2 aromatic heterocycles. The first-order chi connectivity index (χ1) is 10.2. The van der Waals surface area contributed by atoms with Crippen LogP contribution in [0.25, 0.3) is 0 Å². The van der Waals surface area contributed by atoms with Gasteiger partial charge in [-0.1, -0.05) is 0 Å². The average Bonchev–Trinajstić information content (AvgIpc) is 2.99. The summed E-state index contributed by atoms with van der Waals surface area (Å²) in [4.78, 5) is 16.3. The summed E-state index contributed by atoms with van der Waals surface area (Å²) in [6.07, 6.45) is 4.87. The van der Waals surface area contributed by atoms with Crippen LogP contribution < -0.4 is 10.1 Å². The third-order valence-corrected chi connectivity index (χ3v) is 3.08. The van der Waals surface area contributed by atoms with E-state index in [9.17, 15) is 4.79 Å². The number of hydrogen-bond acceptors (Lipinski definition) is 4. The Morgan fingerprint density at radius 2 is 2.29 bits per heavy atom. The highest BCUT2D eigenvalue weighted by Crippen LogP contribution is 2.14. The first-order valence-corrected chi connectivity index (χ1v) is 7.11. The molecule has 1 amide bonds. The summed E-state index contributed by atoms with van der Waals surface area (Å²) in [6, 6.07) is 7.28. The van der Waals surface area contributed by atoms with Gasteiger partial charge in [0.05, 0.1) is 12.9 Å². The molecule has 1 unspecified atom stereocenters. The standard InChI is InChI=1S/C16H20N2O3/c1-3-20-16-14(7-4-10-17-16)15(19)18-12(2)8-9-13-6-5-11-21-13/h4-7,10-12H,3,8-9H2,1-2H3,(H,18,19). The second-order valence-corrected chi connectivity index (χ2v) is 4.78. The molecular formula is C16H20N2O3. The largest absolute Gasteiger partial charge is 0.477 e. The van der Waals surface area contributed by atoms with Crippen molar-refractivity contribution in [1.29, 1.82) is 0 Å². The zero-order valence-electron chi connectivity index (χ0n) is 12.3. The molecule has 2 heterocycles. The number of carbonyl (C=O) groups is 1. The summed E-state index contributed by atoms with van der Waals surface area (Å²) in [5, 5.41) is 2.96. The molecule has 5 nitrogen and oxygen atoms in total. The predicted octanol–water partition coefficient (Wildman–Crippen LogP) is 2.82. The maximum Gasteiger partial charge on any atom is 0.256 e. The molecule has 112 valence electrons. The normalized spacial score (nSPS) is 11.9. The van der Waals surface area contributed by atoms with Crippen molar-refractivity contribution in [1.82, 2.24) is 10.3 Å². The number of aromatic nitrogens is 1. The van der Waals surface area contributed by atoms with E-state index in [2.05, 4.69) is 10.3 Å². The predicted molar refractivity (Wildman–Crippen MR) is 79.4 cm³/mol. The van der Waals surface area contributed by atoms with Gasteiger partial charge in [0, 0.05) is 18.7 Å². The van der Waals surface area contributed by atoms with E-state index in [0.29, 0.717) is 18.1 Å². The van der Waals surface area contributed by atoms with Gasteiger partial charge in [-0.05, 0) is 44.5 Å². The van der Waals surface area contributed by atoms with E-state index in [1.54, 1.807) is 24.6 Å². The van der Waals surface area contributed by atoms with Crippen LogP contribution in [0.3, 0.4) is 0 Å². The van der Waals surface area contributed by atoms with Crippen LogP contribution in [0, 0.1) is 0 Å². The minimum Gasteiger partial charge on any atom is -0.477 e. The van der Waals surface area contributed by atoms with Crippen LogP contribution in [0.4, 0.5) is 0 Å². The van der Waals surface area contributed by atoms with Crippen molar-refractivity contribution in [2.45, 2.75) is 32.7 Å². The van der Waals surface area contributed by atoms with E-state index in [1.165, 1.54) is 0 Å². The van der Waals surface area contributed by atoms with E-state index in [0.717, 1.165) is 18.6 Å². The Hall–Kier alpha value is -2.30. The van der Waals surface area contributed by atoms with Crippen LogP contribution >= 0.6 is 0 Å². The van der Waals surface area contributed by atoms with E-state index >= 15 is 0 Å². The summed E-state index contributed by atoms with van der Waals surface area (Å²) in [6.45, 7) is 4.31. The van der Waals surface area contributed by atoms with Gasteiger partial charge in [-0.25, -0.2) is 4.98 Å². The monoisotopic (exact) mass is 288 g/mol. The van der Waals surface area contributed by atoms with Gasteiger partial charge in [-0.15, -0.1) is 0 Å². The van der Waals surface area contributed by atoms with Crippen molar-refractivity contribution in [3.8, 4) is 5.88 Å². The number of rotatable bonds is 7. The molecule has 0 radical (unpaired) electrons. The van der Waals surface area contributed by atoms with Crippen molar-refractivity contribution < 1.29 is 13.9 Å². The summed E-state index contributed by atoms with van der Waals surface area (Å²) in [5.74, 6) is 1.13. The lowest BCUT2D eigenvalue weighted by Gasteiger charge is -2.14. The number of carbonyl (C=O) groups excluding carboxylic acids is 1. The molecule has 1 atom stereocenters. The van der Waals surface area contributed by atoms with Crippen LogP contribution in [-0.4, -0.2) is 23.5 Å². The molecule has 21 heavy (non-hydrogen) atoms. The quantitative estimate of drug-likeness (QED) is 0.851. The molecule has 0 saturated carbocycles. The molecule has 1 N–H and O–H groups in total. The number of furan rings is 1. The van der Waals surface area contributed by atoms with E-state index < -0.39 is 0 Å². The molecule has 2 aromatic rings. The molecule has 0 aliphatic heterocycles. The smallest absolute Gasteiger partial charge is 0.256 e. The Bertz CT molecular complexity index is 567. The summed E-state index contributed by atoms with van der Waals surface area (Å²) < 4.78 is 10.7. The maximum absolute atomic E-state index is 12.3. The molecular weight excluding hydrogens is 268 g/mol. The minimum absolute atomic E-state index is 0.0392. The summed E-state index contributed by atoms with van der Waals surface area (Å²) in [7, 11) is 0. The minimum atomic E-state index is -0.168. The molecule has 0 aliphatic carbocycles. The molecule has 0 aromatic carbocycles. The fraction of sp³-hybridized carbons (Fsp3) is 0.375. The Balaban J connectivity index is 1.91. The lowest BCUT2D eigenvalue weighted by atomic mass is 10.1. The number of nitrogens with one attached hydrogen (secondary N) is 1. The van der Waals surface area contributed by atoms with Gasteiger partial charge in [0.15, 0.2) is 0 Å². The van der Waals surface area contributed by atoms with Crippen molar-refractivity contribution in [3.63, 3.8) is 0 Å². The van der Waals surface area contributed by atoms with Gasteiger partial charge in [0.1, 0.15) is 11.3 Å². The third kappa shape index (κ3) is 4.34. The first-order valence-electron chi connectivity index (χ1n) is 7.11. The Morgan fingerprint density at radius 3 is 3.00 bits per heavy atom. The number of pyridine rings is 1. The Kier molecular flexibility index (Phi) is 5.37. The van der Waals surface area contributed by atoms with Crippen molar-refractivity contribution in [3.05, 3.63) is 48.0 Å². The highest BCUT2D eigenvalue weighted by molar-refractivity contribution is 5.96. The van der Waals surface area contributed by atoms with Crippen LogP contribution in [0.15, 0.2) is 41.1 Å². The molecule has 0 spiro atoms. The van der Waals surface area contributed by atoms with E-state index in [-0.39, 0.29) is 11.9 Å². The number of hydrogen-bond donors (Lipinski definition) is 1. The number of ether oxygens (including phenoxy) is 1. The first kappa shape index (κ1) is 15.1. The number of aryl methyl sites for hydroxylation is 1. The van der Waals surface area contributed by atoms with Gasteiger partial charge in [0.25, 0.3) is 5.91 Å². The van der Waals surface area contributed by atoms with Crippen LogP contribution in [0.5, 0.6) is 5.88 Å². The van der Waals surface area contributed by atoms with E-state index in [4.69, 9.17) is 9.15 Å².